The van der Waals surface area contributed by atoms with Gasteiger partial charge in [-0.1, -0.05) is 20.3 Å². The molecule has 0 radical (unpaired) electrons. The average Bonchev–Trinajstić information content (AvgIpc) is 2.06. The van der Waals surface area contributed by atoms with Gasteiger partial charge in [-0.25, -0.2) is 0 Å². The second kappa shape index (κ2) is 8.97. The quantitative estimate of drug-likeness (QED) is 0.348. The molecule has 0 aromatic carbocycles. The van der Waals surface area contributed by atoms with Crippen molar-refractivity contribution >= 4 is 0 Å². The van der Waals surface area contributed by atoms with Crippen molar-refractivity contribution in [2.45, 2.75) is 46.3 Å². The molecule has 0 saturated carbocycles. The Morgan fingerprint density at radius 1 is 1.17 bits per heavy atom. The van der Waals surface area contributed by atoms with Gasteiger partial charge in [-0.15, -0.1) is 0 Å². The standard InChI is InChI=1S/C9H21NO2/c1-4-7-9(11-6-3)12-10-8-5-2/h9-10H,4-8H2,1-3H3. The van der Waals surface area contributed by atoms with E-state index >= 15 is 0 Å². The molecular formula is C9H21NO2. The monoisotopic (exact) mass is 175 g/mol. The van der Waals surface area contributed by atoms with E-state index in [1.165, 1.54) is 0 Å². The molecule has 74 valence electrons. The lowest BCUT2D eigenvalue weighted by Crippen LogP contribution is -2.26. The van der Waals surface area contributed by atoms with Crippen molar-refractivity contribution in [3.05, 3.63) is 0 Å². The van der Waals surface area contributed by atoms with Crippen LogP contribution in [0.15, 0.2) is 0 Å². The Kier molecular flexibility index (Phi) is 8.88. The molecule has 1 unspecified atom stereocenters. The van der Waals surface area contributed by atoms with Crippen molar-refractivity contribution in [2.24, 2.45) is 0 Å². The molecule has 12 heavy (non-hydrogen) atoms. The lowest BCUT2D eigenvalue weighted by atomic mass is 10.3. The Morgan fingerprint density at radius 2 is 1.92 bits per heavy atom. The van der Waals surface area contributed by atoms with Gasteiger partial charge in [0.2, 0.25) is 0 Å². The van der Waals surface area contributed by atoms with E-state index in [1.807, 2.05) is 6.92 Å². The summed E-state index contributed by atoms with van der Waals surface area (Å²) in [6.07, 6.45) is 3.03. The first-order chi connectivity index (χ1) is 5.85. The normalized spacial score (nSPS) is 13.2. The van der Waals surface area contributed by atoms with Crippen LogP contribution < -0.4 is 5.48 Å². The van der Waals surface area contributed by atoms with Gasteiger partial charge in [0, 0.05) is 13.2 Å². The first kappa shape index (κ1) is 11.9. The maximum Gasteiger partial charge on any atom is 0.177 e. The molecule has 0 aromatic rings. The maximum absolute atomic E-state index is 5.34. The van der Waals surface area contributed by atoms with Gasteiger partial charge in [0.1, 0.15) is 0 Å². The SMILES string of the molecule is CCCNOC(CCC)OCC. The second-order valence-corrected chi connectivity index (χ2v) is 2.69. The summed E-state index contributed by atoms with van der Waals surface area (Å²) in [5.74, 6) is 0. The van der Waals surface area contributed by atoms with Crippen molar-refractivity contribution in [2.75, 3.05) is 13.2 Å². The fraction of sp³-hybridized carbons (Fsp3) is 1.00. The molecule has 0 aliphatic heterocycles. The zero-order chi connectivity index (χ0) is 9.23. The van der Waals surface area contributed by atoms with E-state index in [4.69, 9.17) is 9.57 Å². The molecule has 1 N–H and O–H groups in total. The van der Waals surface area contributed by atoms with Crippen LogP contribution in [-0.2, 0) is 9.57 Å². The van der Waals surface area contributed by atoms with E-state index in [1.54, 1.807) is 0 Å². The summed E-state index contributed by atoms with van der Waals surface area (Å²) in [5.41, 5.74) is 2.88. The summed E-state index contributed by atoms with van der Waals surface area (Å²) in [5, 5.41) is 0. The Hall–Kier alpha value is -0.120. The van der Waals surface area contributed by atoms with Crippen LogP contribution in [0.3, 0.4) is 0 Å². The molecule has 0 aliphatic rings. The van der Waals surface area contributed by atoms with Gasteiger partial charge in [-0.3, -0.25) is 4.84 Å². The minimum Gasteiger partial charge on any atom is -0.351 e. The van der Waals surface area contributed by atoms with Crippen molar-refractivity contribution in [1.29, 1.82) is 0 Å². The van der Waals surface area contributed by atoms with Gasteiger partial charge in [0.15, 0.2) is 6.29 Å². The molecule has 0 fully saturated rings. The molecule has 0 aliphatic carbocycles. The largest absolute Gasteiger partial charge is 0.351 e. The highest BCUT2D eigenvalue weighted by atomic mass is 16.8. The van der Waals surface area contributed by atoms with E-state index in [-0.39, 0.29) is 6.29 Å². The van der Waals surface area contributed by atoms with Gasteiger partial charge in [-0.2, -0.15) is 5.48 Å². The van der Waals surface area contributed by atoms with E-state index in [0.717, 1.165) is 25.8 Å². The van der Waals surface area contributed by atoms with Gasteiger partial charge in [-0.05, 0) is 19.8 Å². The lowest BCUT2D eigenvalue weighted by molar-refractivity contribution is -0.180. The second-order valence-electron chi connectivity index (χ2n) is 2.69. The Balaban J connectivity index is 3.34. The van der Waals surface area contributed by atoms with Crippen LogP contribution in [0, 0.1) is 0 Å². The summed E-state index contributed by atoms with van der Waals surface area (Å²) in [6, 6.07) is 0. The smallest absolute Gasteiger partial charge is 0.177 e. The first-order valence-corrected chi connectivity index (χ1v) is 4.85. The van der Waals surface area contributed by atoms with E-state index in [0.29, 0.717) is 6.61 Å². The van der Waals surface area contributed by atoms with Gasteiger partial charge in [0.05, 0.1) is 0 Å². The lowest BCUT2D eigenvalue weighted by Gasteiger charge is -2.16. The summed E-state index contributed by atoms with van der Waals surface area (Å²) < 4.78 is 5.34. The number of hydrogen-bond acceptors (Lipinski definition) is 3. The average molecular weight is 175 g/mol. The third-order valence-corrected chi connectivity index (χ3v) is 1.44. The van der Waals surface area contributed by atoms with Crippen LogP contribution in [0.2, 0.25) is 0 Å². The van der Waals surface area contributed by atoms with Gasteiger partial charge in [0.25, 0.3) is 0 Å². The topological polar surface area (TPSA) is 30.5 Å². The third-order valence-electron chi connectivity index (χ3n) is 1.44. The molecule has 0 spiro atoms. The molecule has 0 heterocycles. The fourth-order valence-electron chi connectivity index (χ4n) is 0.852. The number of hydroxylamine groups is 1. The summed E-state index contributed by atoms with van der Waals surface area (Å²) in [6.45, 7) is 7.79. The van der Waals surface area contributed by atoms with Crippen LogP contribution in [0.5, 0.6) is 0 Å². The summed E-state index contributed by atoms with van der Waals surface area (Å²) >= 11 is 0. The maximum atomic E-state index is 5.34. The third kappa shape index (κ3) is 6.58. The Morgan fingerprint density at radius 3 is 2.42 bits per heavy atom. The van der Waals surface area contributed by atoms with E-state index < -0.39 is 0 Å². The van der Waals surface area contributed by atoms with Crippen LogP contribution in [0.1, 0.15) is 40.0 Å². The fourth-order valence-corrected chi connectivity index (χ4v) is 0.852. The molecule has 0 aromatic heterocycles. The highest BCUT2D eigenvalue weighted by molar-refractivity contribution is 4.41. The molecule has 3 heteroatoms. The number of nitrogens with one attached hydrogen (secondary N) is 1. The van der Waals surface area contributed by atoms with Crippen LogP contribution in [0.25, 0.3) is 0 Å². The van der Waals surface area contributed by atoms with Crippen molar-refractivity contribution in [1.82, 2.24) is 5.48 Å². The zero-order valence-electron chi connectivity index (χ0n) is 8.43. The highest BCUT2D eigenvalue weighted by Crippen LogP contribution is 2.01. The van der Waals surface area contributed by atoms with E-state index in [9.17, 15) is 0 Å². The molecule has 0 saturated heterocycles. The van der Waals surface area contributed by atoms with Crippen LogP contribution >= 0.6 is 0 Å². The minimum atomic E-state index is -0.0773. The molecule has 0 bridgehead atoms. The molecule has 3 nitrogen and oxygen atoms in total. The van der Waals surface area contributed by atoms with Gasteiger partial charge >= 0.3 is 0 Å². The van der Waals surface area contributed by atoms with E-state index in [2.05, 4.69) is 19.3 Å². The minimum absolute atomic E-state index is 0.0773. The van der Waals surface area contributed by atoms with Crippen molar-refractivity contribution < 1.29 is 9.57 Å². The van der Waals surface area contributed by atoms with Crippen LogP contribution in [-0.4, -0.2) is 19.4 Å². The van der Waals surface area contributed by atoms with Crippen LogP contribution in [0.4, 0.5) is 0 Å². The molecular weight excluding hydrogens is 154 g/mol. The van der Waals surface area contributed by atoms with Crippen molar-refractivity contribution in [3.8, 4) is 0 Å². The zero-order valence-corrected chi connectivity index (χ0v) is 8.43. The highest BCUT2D eigenvalue weighted by Gasteiger charge is 2.05. The Labute approximate surface area is 75.4 Å². The van der Waals surface area contributed by atoms with Gasteiger partial charge < -0.3 is 4.74 Å². The molecule has 0 rings (SSSR count). The predicted octanol–water partition coefficient (Wildman–Crippen LogP) is 2.08. The summed E-state index contributed by atoms with van der Waals surface area (Å²) in [7, 11) is 0. The molecule has 1 atom stereocenters. The first-order valence-electron chi connectivity index (χ1n) is 4.85. The number of rotatable bonds is 8. The Bertz CT molecular complexity index is 82.6. The number of hydrogen-bond donors (Lipinski definition) is 1. The molecule has 0 amide bonds. The number of ether oxygens (including phenoxy) is 1. The predicted molar refractivity (Wildman–Crippen MR) is 49.7 cm³/mol. The van der Waals surface area contributed by atoms with Crippen molar-refractivity contribution in [3.63, 3.8) is 0 Å². The summed E-state index contributed by atoms with van der Waals surface area (Å²) in [4.78, 5) is 5.29.